The Balaban J connectivity index is 2.31. The van der Waals surface area contributed by atoms with Crippen LogP contribution in [0.2, 0.25) is 0 Å². The van der Waals surface area contributed by atoms with E-state index in [4.69, 9.17) is 5.73 Å². The van der Waals surface area contributed by atoms with Gasteiger partial charge in [-0.3, -0.25) is 9.48 Å². The predicted octanol–water partition coefficient (Wildman–Crippen LogP) is 2.16. The zero-order valence-corrected chi connectivity index (χ0v) is 11.3. The largest absolute Gasteiger partial charge is 0.383 e. The molecular weight excluding hydrogens is 271 g/mol. The molecule has 6 heteroatoms. The van der Waals surface area contributed by atoms with Gasteiger partial charge < -0.3 is 10.7 Å². The van der Waals surface area contributed by atoms with Gasteiger partial charge in [-0.05, 0) is 12.1 Å². The Morgan fingerprint density at radius 2 is 1.95 bits per heavy atom. The standard InChI is InChI=1S/C15H13FN4O/c1-20-15(17)13(9-5-2-3-6-10(9)16)14(19-20)11-7-4-8-12(21)18-11/h2-8H,17H2,1H3,(H,18,21). The quantitative estimate of drug-likeness (QED) is 0.757. The van der Waals surface area contributed by atoms with E-state index in [9.17, 15) is 9.18 Å². The maximum absolute atomic E-state index is 14.1. The molecule has 1 aromatic carbocycles. The van der Waals surface area contributed by atoms with Gasteiger partial charge in [0, 0.05) is 18.7 Å². The third kappa shape index (κ3) is 2.20. The number of benzene rings is 1. The normalized spacial score (nSPS) is 10.8. The minimum Gasteiger partial charge on any atom is -0.383 e. The molecule has 21 heavy (non-hydrogen) atoms. The average Bonchev–Trinajstić information content (AvgIpc) is 2.76. The van der Waals surface area contributed by atoms with Gasteiger partial charge >= 0.3 is 0 Å². The van der Waals surface area contributed by atoms with E-state index >= 15 is 0 Å². The number of nitrogens with two attached hydrogens (primary N) is 1. The van der Waals surface area contributed by atoms with Gasteiger partial charge in [0.05, 0.1) is 11.3 Å². The first kappa shape index (κ1) is 13.1. The molecule has 2 heterocycles. The molecule has 106 valence electrons. The molecule has 3 N–H and O–H groups in total. The summed E-state index contributed by atoms with van der Waals surface area (Å²) >= 11 is 0. The number of nitrogen functional groups attached to an aromatic ring is 1. The van der Waals surface area contributed by atoms with Gasteiger partial charge in [0.2, 0.25) is 5.56 Å². The number of aromatic nitrogens is 3. The highest BCUT2D eigenvalue weighted by Crippen LogP contribution is 2.35. The van der Waals surface area contributed by atoms with Crippen molar-refractivity contribution in [3.63, 3.8) is 0 Å². The summed E-state index contributed by atoms with van der Waals surface area (Å²) < 4.78 is 15.5. The van der Waals surface area contributed by atoms with E-state index in [1.165, 1.54) is 16.8 Å². The molecule has 2 aromatic heterocycles. The zero-order valence-electron chi connectivity index (χ0n) is 11.3. The summed E-state index contributed by atoms with van der Waals surface area (Å²) in [6, 6.07) is 11.0. The zero-order chi connectivity index (χ0) is 15.0. The van der Waals surface area contributed by atoms with Crippen LogP contribution >= 0.6 is 0 Å². The van der Waals surface area contributed by atoms with Crippen molar-refractivity contribution in [2.45, 2.75) is 0 Å². The lowest BCUT2D eigenvalue weighted by atomic mass is 10.0. The lowest BCUT2D eigenvalue weighted by Crippen LogP contribution is -2.04. The van der Waals surface area contributed by atoms with Crippen molar-refractivity contribution in [3.05, 3.63) is 58.6 Å². The van der Waals surface area contributed by atoms with E-state index in [0.29, 0.717) is 28.3 Å². The van der Waals surface area contributed by atoms with Crippen LogP contribution in [0.5, 0.6) is 0 Å². The van der Waals surface area contributed by atoms with E-state index in [-0.39, 0.29) is 5.56 Å². The number of rotatable bonds is 2. The maximum Gasteiger partial charge on any atom is 0.248 e. The first-order valence-electron chi connectivity index (χ1n) is 6.35. The molecule has 5 nitrogen and oxygen atoms in total. The first-order valence-corrected chi connectivity index (χ1v) is 6.35. The molecule has 0 aliphatic rings. The third-order valence-electron chi connectivity index (χ3n) is 3.26. The summed E-state index contributed by atoms with van der Waals surface area (Å²) in [7, 11) is 1.67. The molecule has 0 saturated heterocycles. The van der Waals surface area contributed by atoms with E-state index in [2.05, 4.69) is 10.1 Å². The fraction of sp³-hybridized carbons (Fsp3) is 0.0667. The van der Waals surface area contributed by atoms with Crippen molar-refractivity contribution in [1.82, 2.24) is 14.8 Å². The van der Waals surface area contributed by atoms with Crippen molar-refractivity contribution in [1.29, 1.82) is 0 Å². The number of aryl methyl sites for hydroxylation is 1. The number of aromatic amines is 1. The first-order chi connectivity index (χ1) is 10.1. The summed E-state index contributed by atoms with van der Waals surface area (Å²) in [5.41, 5.74) is 7.52. The molecule has 0 unspecified atom stereocenters. The molecule has 0 bridgehead atoms. The number of nitrogens with zero attached hydrogens (tertiary/aromatic N) is 2. The average molecular weight is 284 g/mol. The molecule has 0 aliphatic heterocycles. The van der Waals surface area contributed by atoms with Crippen LogP contribution in [0.4, 0.5) is 10.2 Å². The van der Waals surface area contributed by atoms with Crippen molar-refractivity contribution in [2.75, 3.05) is 5.73 Å². The summed E-state index contributed by atoms with van der Waals surface area (Å²) in [6.45, 7) is 0. The fourth-order valence-corrected chi connectivity index (χ4v) is 2.24. The number of nitrogens with one attached hydrogen (secondary N) is 1. The third-order valence-corrected chi connectivity index (χ3v) is 3.26. The molecule has 0 spiro atoms. The van der Waals surface area contributed by atoms with Crippen molar-refractivity contribution in [3.8, 4) is 22.5 Å². The Labute approximate surface area is 119 Å². The van der Waals surface area contributed by atoms with Gasteiger partial charge in [0.1, 0.15) is 17.3 Å². The van der Waals surface area contributed by atoms with Crippen LogP contribution in [0.15, 0.2) is 47.3 Å². The topological polar surface area (TPSA) is 76.7 Å². The Morgan fingerprint density at radius 1 is 1.19 bits per heavy atom. The molecule has 0 atom stereocenters. The number of halogens is 1. The van der Waals surface area contributed by atoms with Gasteiger partial charge in [-0.2, -0.15) is 5.10 Å². The molecule has 0 saturated carbocycles. The number of H-pyrrole nitrogens is 1. The number of hydrogen-bond acceptors (Lipinski definition) is 3. The van der Waals surface area contributed by atoms with Gasteiger partial charge in [0.15, 0.2) is 0 Å². The summed E-state index contributed by atoms with van der Waals surface area (Å²) in [6.07, 6.45) is 0. The van der Waals surface area contributed by atoms with E-state index in [1.54, 1.807) is 37.4 Å². The SMILES string of the molecule is Cn1nc(-c2cccc(=O)[nH]2)c(-c2ccccc2F)c1N. The maximum atomic E-state index is 14.1. The lowest BCUT2D eigenvalue weighted by Gasteiger charge is -2.05. The van der Waals surface area contributed by atoms with Crippen molar-refractivity contribution < 1.29 is 4.39 Å². The minimum absolute atomic E-state index is 0.254. The second-order valence-corrected chi connectivity index (χ2v) is 4.64. The van der Waals surface area contributed by atoms with E-state index < -0.39 is 5.82 Å². The molecule has 0 fully saturated rings. The van der Waals surface area contributed by atoms with Gasteiger partial charge in [-0.25, -0.2) is 4.39 Å². The van der Waals surface area contributed by atoms with Crippen LogP contribution in [0.25, 0.3) is 22.5 Å². The van der Waals surface area contributed by atoms with Crippen LogP contribution in [0, 0.1) is 5.82 Å². The highest BCUT2D eigenvalue weighted by Gasteiger charge is 2.20. The summed E-state index contributed by atoms with van der Waals surface area (Å²) in [5, 5.41) is 4.29. The smallest absolute Gasteiger partial charge is 0.248 e. The molecular formula is C15H13FN4O. The minimum atomic E-state index is -0.392. The lowest BCUT2D eigenvalue weighted by molar-refractivity contribution is 0.631. The Morgan fingerprint density at radius 3 is 2.67 bits per heavy atom. The van der Waals surface area contributed by atoms with Crippen molar-refractivity contribution in [2.24, 2.45) is 7.05 Å². The monoisotopic (exact) mass is 284 g/mol. The Kier molecular flexibility index (Phi) is 3.06. The fourth-order valence-electron chi connectivity index (χ4n) is 2.24. The van der Waals surface area contributed by atoms with Crippen LogP contribution in [0.1, 0.15) is 0 Å². The summed E-state index contributed by atoms with van der Waals surface area (Å²) in [4.78, 5) is 14.2. The number of pyridine rings is 1. The van der Waals surface area contributed by atoms with Crippen LogP contribution in [-0.4, -0.2) is 14.8 Å². The summed E-state index contributed by atoms with van der Waals surface area (Å²) in [5.74, 6) is -0.0588. The van der Waals surface area contributed by atoms with E-state index in [1.807, 2.05) is 0 Å². The predicted molar refractivity (Wildman–Crippen MR) is 79.1 cm³/mol. The van der Waals surface area contributed by atoms with Crippen LogP contribution < -0.4 is 11.3 Å². The molecule has 3 rings (SSSR count). The van der Waals surface area contributed by atoms with Gasteiger partial charge in [0.25, 0.3) is 0 Å². The van der Waals surface area contributed by atoms with Crippen LogP contribution in [0.3, 0.4) is 0 Å². The molecule has 0 radical (unpaired) electrons. The number of anilines is 1. The van der Waals surface area contributed by atoms with E-state index in [0.717, 1.165) is 0 Å². The Hall–Kier alpha value is -2.89. The Bertz CT molecular complexity index is 866. The number of hydrogen-bond donors (Lipinski definition) is 2. The van der Waals surface area contributed by atoms with Gasteiger partial charge in [-0.1, -0.05) is 24.3 Å². The van der Waals surface area contributed by atoms with Crippen molar-refractivity contribution >= 4 is 5.82 Å². The second-order valence-electron chi connectivity index (χ2n) is 4.64. The molecule has 3 aromatic rings. The molecule has 0 amide bonds. The highest BCUT2D eigenvalue weighted by atomic mass is 19.1. The highest BCUT2D eigenvalue weighted by molar-refractivity contribution is 5.87. The molecule has 0 aliphatic carbocycles. The van der Waals surface area contributed by atoms with Gasteiger partial charge in [-0.15, -0.1) is 0 Å². The second kappa shape index (κ2) is 4.90. The van der Waals surface area contributed by atoms with Crippen LogP contribution in [-0.2, 0) is 7.05 Å².